The molecule has 0 spiro atoms. The normalized spacial score (nSPS) is 13.2. The van der Waals surface area contributed by atoms with Gasteiger partial charge in [0.15, 0.2) is 0 Å². The van der Waals surface area contributed by atoms with Gasteiger partial charge in [-0.05, 0) is 5.56 Å². The molecule has 6 heteroatoms. The standard InChI is InChI=1S/C12H8N2O4/c15-10-4-6-2-1-3-7(11(6)13-10)8-5-9(12(16)17)18-14-8/h1-3,5H,4H2,(H,13,15)(H,16,17). The van der Waals surface area contributed by atoms with E-state index in [1.165, 1.54) is 6.07 Å². The van der Waals surface area contributed by atoms with Crippen LogP contribution in [0.4, 0.5) is 5.69 Å². The highest BCUT2D eigenvalue weighted by Crippen LogP contribution is 2.34. The van der Waals surface area contributed by atoms with E-state index in [-0.39, 0.29) is 11.7 Å². The molecule has 0 atom stereocenters. The number of nitrogens with zero attached hydrogens (tertiary/aromatic N) is 1. The van der Waals surface area contributed by atoms with Crippen LogP contribution in [0.1, 0.15) is 16.1 Å². The number of hydrogen-bond acceptors (Lipinski definition) is 4. The summed E-state index contributed by atoms with van der Waals surface area (Å²) in [5.41, 5.74) is 2.60. The molecule has 1 aliphatic heterocycles. The van der Waals surface area contributed by atoms with Crippen molar-refractivity contribution in [3.05, 3.63) is 35.6 Å². The van der Waals surface area contributed by atoms with E-state index in [1.807, 2.05) is 6.07 Å². The van der Waals surface area contributed by atoms with Gasteiger partial charge in [-0.2, -0.15) is 0 Å². The average molecular weight is 244 g/mol. The van der Waals surface area contributed by atoms with Crippen molar-refractivity contribution in [2.24, 2.45) is 0 Å². The quantitative estimate of drug-likeness (QED) is 0.835. The minimum absolute atomic E-state index is 0.0839. The van der Waals surface area contributed by atoms with Crippen molar-refractivity contribution in [3.8, 4) is 11.3 Å². The van der Waals surface area contributed by atoms with Crippen LogP contribution in [0.3, 0.4) is 0 Å². The number of carbonyl (C=O) groups is 2. The van der Waals surface area contributed by atoms with E-state index in [0.717, 1.165) is 5.56 Å². The van der Waals surface area contributed by atoms with Gasteiger partial charge < -0.3 is 14.9 Å². The number of fused-ring (bicyclic) bond motifs is 1. The van der Waals surface area contributed by atoms with Crippen LogP contribution in [-0.4, -0.2) is 22.1 Å². The largest absolute Gasteiger partial charge is 0.475 e. The summed E-state index contributed by atoms with van der Waals surface area (Å²) in [7, 11) is 0. The zero-order valence-electron chi connectivity index (χ0n) is 9.14. The molecule has 2 aromatic rings. The number of benzene rings is 1. The Kier molecular flexibility index (Phi) is 2.16. The number of nitrogens with one attached hydrogen (secondary N) is 1. The second kappa shape index (κ2) is 3.69. The molecule has 1 amide bonds. The number of aromatic carboxylic acids is 1. The predicted molar refractivity (Wildman–Crippen MR) is 61.2 cm³/mol. The van der Waals surface area contributed by atoms with Crippen LogP contribution < -0.4 is 5.32 Å². The summed E-state index contributed by atoms with van der Waals surface area (Å²) < 4.78 is 4.70. The maximum Gasteiger partial charge on any atom is 0.374 e. The number of aromatic nitrogens is 1. The molecule has 0 aliphatic carbocycles. The molecule has 3 rings (SSSR count). The Bertz CT molecular complexity index is 660. The third-order valence-electron chi connectivity index (χ3n) is 2.76. The van der Waals surface area contributed by atoms with E-state index in [9.17, 15) is 9.59 Å². The fourth-order valence-electron chi connectivity index (χ4n) is 1.97. The van der Waals surface area contributed by atoms with Gasteiger partial charge in [0.05, 0.1) is 12.1 Å². The van der Waals surface area contributed by atoms with Crippen molar-refractivity contribution in [2.75, 3.05) is 5.32 Å². The summed E-state index contributed by atoms with van der Waals surface area (Å²) >= 11 is 0. The van der Waals surface area contributed by atoms with Crippen molar-refractivity contribution >= 4 is 17.6 Å². The molecule has 0 saturated heterocycles. The first-order valence-electron chi connectivity index (χ1n) is 5.27. The van der Waals surface area contributed by atoms with Gasteiger partial charge in [-0.25, -0.2) is 4.79 Å². The van der Waals surface area contributed by atoms with Crippen LogP contribution in [0.2, 0.25) is 0 Å². The van der Waals surface area contributed by atoms with Gasteiger partial charge in [0, 0.05) is 11.6 Å². The highest BCUT2D eigenvalue weighted by Gasteiger charge is 2.23. The molecule has 1 aromatic carbocycles. The van der Waals surface area contributed by atoms with Crippen molar-refractivity contribution < 1.29 is 19.2 Å². The van der Waals surface area contributed by atoms with E-state index in [4.69, 9.17) is 9.63 Å². The number of hydrogen-bond donors (Lipinski definition) is 2. The van der Waals surface area contributed by atoms with Crippen molar-refractivity contribution in [3.63, 3.8) is 0 Å². The Balaban J connectivity index is 2.10. The third-order valence-corrected chi connectivity index (χ3v) is 2.76. The Morgan fingerprint density at radius 1 is 1.44 bits per heavy atom. The maximum atomic E-state index is 11.3. The van der Waals surface area contributed by atoms with Gasteiger partial charge in [-0.1, -0.05) is 23.4 Å². The Hall–Kier alpha value is -2.63. The summed E-state index contributed by atoms with van der Waals surface area (Å²) in [5.74, 6) is -1.49. The first-order valence-corrected chi connectivity index (χ1v) is 5.27. The zero-order valence-corrected chi connectivity index (χ0v) is 9.14. The SMILES string of the molecule is O=C1Cc2cccc(-c3cc(C(=O)O)on3)c2N1. The van der Waals surface area contributed by atoms with Crippen LogP contribution >= 0.6 is 0 Å². The average Bonchev–Trinajstić information content (AvgIpc) is 2.92. The predicted octanol–water partition coefficient (Wildman–Crippen LogP) is 1.53. The first-order chi connectivity index (χ1) is 8.65. The Labute approximate surface area is 101 Å². The lowest BCUT2D eigenvalue weighted by atomic mass is 10.0. The third kappa shape index (κ3) is 1.55. The van der Waals surface area contributed by atoms with Crippen LogP contribution in [0.5, 0.6) is 0 Å². The molecule has 0 radical (unpaired) electrons. The van der Waals surface area contributed by atoms with Gasteiger partial charge in [-0.15, -0.1) is 0 Å². The molecular formula is C12H8N2O4. The van der Waals surface area contributed by atoms with Gasteiger partial charge >= 0.3 is 5.97 Å². The number of carbonyl (C=O) groups excluding carboxylic acids is 1. The van der Waals surface area contributed by atoms with E-state index < -0.39 is 5.97 Å². The van der Waals surface area contributed by atoms with Crippen LogP contribution in [0.25, 0.3) is 11.3 Å². The van der Waals surface area contributed by atoms with Gasteiger partial charge in [0.25, 0.3) is 0 Å². The molecule has 2 N–H and O–H groups in total. The number of para-hydroxylation sites is 1. The van der Waals surface area contributed by atoms with Crippen LogP contribution in [-0.2, 0) is 11.2 Å². The lowest BCUT2D eigenvalue weighted by Crippen LogP contribution is -2.04. The van der Waals surface area contributed by atoms with Crippen molar-refractivity contribution in [2.45, 2.75) is 6.42 Å². The molecule has 1 aromatic heterocycles. The minimum Gasteiger partial charge on any atom is -0.475 e. The van der Waals surface area contributed by atoms with Crippen LogP contribution in [0, 0.1) is 0 Å². The molecule has 1 aliphatic rings. The van der Waals surface area contributed by atoms with Crippen LogP contribution in [0.15, 0.2) is 28.8 Å². The second-order valence-electron chi connectivity index (χ2n) is 3.95. The number of carboxylic acid groups (broad SMARTS) is 1. The smallest absolute Gasteiger partial charge is 0.374 e. The Morgan fingerprint density at radius 3 is 3.00 bits per heavy atom. The van der Waals surface area contributed by atoms with Crippen molar-refractivity contribution in [1.29, 1.82) is 0 Å². The first kappa shape index (κ1) is 10.5. The molecular weight excluding hydrogens is 236 g/mol. The fourth-order valence-corrected chi connectivity index (χ4v) is 1.97. The summed E-state index contributed by atoms with van der Waals surface area (Å²) in [6.45, 7) is 0. The maximum absolute atomic E-state index is 11.3. The summed E-state index contributed by atoms with van der Waals surface area (Å²) in [6.07, 6.45) is 0.326. The number of anilines is 1. The fraction of sp³-hybridized carbons (Fsp3) is 0.0833. The molecule has 6 nitrogen and oxygen atoms in total. The summed E-state index contributed by atoms with van der Waals surface area (Å²) in [5, 5.41) is 15.2. The molecule has 2 heterocycles. The van der Waals surface area contributed by atoms with Gasteiger partial charge in [0.2, 0.25) is 11.7 Å². The monoisotopic (exact) mass is 244 g/mol. The molecule has 0 unspecified atom stereocenters. The lowest BCUT2D eigenvalue weighted by molar-refractivity contribution is -0.115. The van der Waals surface area contributed by atoms with Gasteiger partial charge in [0.1, 0.15) is 5.69 Å². The highest BCUT2D eigenvalue weighted by atomic mass is 16.5. The zero-order chi connectivity index (χ0) is 12.7. The molecule has 0 bridgehead atoms. The molecule has 0 fully saturated rings. The lowest BCUT2D eigenvalue weighted by Gasteiger charge is -2.03. The minimum atomic E-state index is -1.18. The highest BCUT2D eigenvalue weighted by molar-refractivity contribution is 6.03. The second-order valence-corrected chi connectivity index (χ2v) is 3.95. The van der Waals surface area contributed by atoms with Gasteiger partial charge in [-0.3, -0.25) is 4.79 Å². The molecule has 0 saturated carbocycles. The number of amides is 1. The number of carboxylic acids is 1. The van der Waals surface area contributed by atoms with E-state index in [1.54, 1.807) is 12.1 Å². The van der Waals surface area contributed by atoms with E-state index in [2.05, 4.69) is 10.5 Å². The summed E-state index contributed by atoms with van der Waals surface area (Å²) in [4.78, 5) is 22.1. The number of rotatable bonds is 2. The van der Waals surface area contributed by atoms with E-state index >= 15 is 0 Å². The topological polar surface area (TPSA) is 92.4 Å². The molecule has 18 heavy (non-hydrogen) atoms. The Morgan fingerprint density at radius 2 is 2.28 bits per heavy atom. The summed E-state index contributed by atoms with van der Waals surface area (Å²) in [6, 6.07) is 6.73. The van der Waals surface area contributed by atoms with E-state index in [0.29, 0.717) is 23.4 Å². The molecule has 90 valence electrons. The van der Waals surface area contributed by atoms with Crippen molar-refractivity contribution in [1.82, 2.24) is 5.16 Å².